The molecule has 2 aromatic rings. The smallest absolute Gasteiger partial charge is 0.163 e. The zero-order valence-electron chi connectivity index (χ0n) is 19.9. The predicted octanol–water partition coefficient (Wildman–Crippen LogP) is 7.07. The van der Waals surface area contributed by atoms with Crippen molar-refractivity contribution in [2.45, 2.75) is 78.0 Å². The van der Waals surface area contributed by atoms with E-state index in [9.17, 15) is 0 Å². The topological polar surface area (TPSA) is 30.5 Å². The van der Waals surface area contributed by atoms with Crippen LogP contribution in [0.25, 0.3) is 0 Å². The van der Waals surface area contributed by atoms with E-state index in [2.05, 4.69) is 38.2 Å². The molecule has 3 nitrogen and oxygen atoms in total. The maximum absolute atomic E-state index is 6.74. The molecule has 32 heavy (non-hydrogen) atoms. The molecule has 6 rings (SSSR count). The molecule has 2 atom stereocenters. The first kappa shape index (κ1) is 22.1. The highest BCUT2D eigenvalue weighted by Gasteiger charge is 2.59. The average Bonchev–Trinajstić information content (AvgIpc) is 2.70. The summed E-state index contributed by atoms with van der Waals surface area (Å²) in [7, 11) is 1.70. The van der Waals surface area contributed by atoms with Crippen LogP contribution in [0, 0.1) is 23.7 Å². The van der Waals surface area contributed by atoms with Gasteiger partial charge in [0.25, 0.3) is 0 Å². The van der Waals surface area contributed by atoms with Gasteiger partial charge >= 0.3 is 0 Å². The van der Waals surface area contributed by atoms with Gasteiger partial charge in [-0.05, 0) is 85.0 Å². The lowest BCUT2D eigenvalue weighted by Gasteiger charge is -2.65. The van der Waals surface area contributed by atoms with Crippen LogP contribution in [-0.2, 0) is 13.2 Å². The van der Waals surface area contributed by atoms with Gasteiger partial charge in [0.05, 0.1) is 7.11 Å². The third kappa shape index (κ3) is 4.15. The number of halogens is 1. The third-order valence-corrected chi connectivity index (χ3v) is 8.61. The molecule has 172 valence electrons. The average molecular weight is 454 g/mol. The van der Waals surface area contributed by atoms with Crippen LogP contribution in [0.15, 0.2) is 36.4 Å². The fourth-order valence-electron chi connectivity index (χ4n) is 7.84. The summed E-state index contributed by atoms with van der Waals surface area (Å²) in [4.78, 5) is 0. The minimum Gasteiger partial charge on any atom is -0.493 e. The van der Waals surface area contributed by atoms with E-state index in [-0.39, 0.29) is 5.54 Å². The molecule has 0 aromatic heterocycles. The highest BCUT2D eigenvalue weighted by molar-refractivity contribution is 6.31. The Hall–Kier alpha value is -1.71. The molecule has 4 bridgehead atoms. The monoisotopic (exact) mass is 453 g/mol. The molecular formula is C28H36ClNO2. The van der Waals surface area contributed by atoms with Gasteiger partial charge in [-0.25, -0.2) is 0 Å². The SMILES string of the molecule is COc1cc(CNC23CC4CC(C)(CC(C)(C4)C2)C3)c(Cl)cc1OCc1ccccc1C. The van der Waals surface area contributed by atoms with Crippen LogP contribution < -0.4 is 14.8 Å². The van der Waals surface area contributed by atoms with Crippen LogP contribution in [-0.4, -0.2) is 12.6 Å². The molecule has 0 amide bonds. The number of ether oxygens (including phenoxy) is 2. The van der Waals surface area contributed by atoms with E-state index >= 15 is 0 Å². The van der Waals surface area contributed by atoms with Crippen molar-refractivity contribution in [1.29, 1.82) is 0 Å². The summed E-state index contributed by atoms with van der Waals surface area (Å²) in [6, 6.07) is 12.2. The quantitative estimate of drug-likeness (QED) is 0.486. The standard InChI is InChI=1S/C28H36ClNO2/c1-19-7-5-6-8-21(19)15-32-25-10-23(29)22(9-24(25)31-4)14-30-28-13-20-11-26(2,17-28)16-27(3,12-20)18-28/h5-10,20,30H,11-18H2,1-4H3. The molecular weight excluding hydrogens is 418 g/mol. The number of hydrogen-bond donors (Lipinski definition) is 1. The van der Waals surface area contributed by atoms with Crippen molar-refractivity contribution in [1.82, 2.24) is 5.32 Å². The Bertz CT molecular complexity index is 1000. The van der Waals surface area contributed by atoms with Gasteiger partial charge in [-0.15, -0.1) is 0 Å². The van der Waals surface area contributed by atoms with Gasteiger partial charge in [0, 0.05) is 23.2 Å². The van der Waals surface area contributed by atoms with E-state index in [1.165, 1.54) is 49.7 Å². The van der Waals surface area contributed by atoms with Crippen molar-refractivity contribution in [3.05, 3.63) is 58.1 Å². The number of nitrogens with one attached hydrogen (secondary N) is 1. The molecule has 4 aliphatic carbocycles. The van der Waals surface area contributed by atoms with Crippen LogP contribution in [0.4, 0.5) is 0 Å². The number of aryl methyl sites for hydroxylation is 1. The lowest BCUT2D eigenvalue weighted by molar-refractivity contribution is -0.118. The Morgan fingerprint density at radius 1 is 0.969 bits per heavy atom. The van der Waals surface area contributed by atoms with E-state index in [4.69, 9.17) is 21.1 Å². The number of benzene rings is 2. The lowest BCUT2D eigenvalue weighted by atomic mass is 9.43. The number of methoxy groups -OCH3 is 1. The maximum atomic E-state index is 6.74. The zero-order valence-corrected chi connectivity index (χ0v) is 20.6. The molecule has 4 heteroatoms. The van der Waals surface area contributed by atoms with Crippen molar-refractivity contribution >= 4 is 11.6 Å². The Balaban J connectivity index is 1.31. The summed E-state index contributed by atoms with van der Waals surface area (Å²) in [6.07, 6.45) is 8.10. The summed E-state index contributed by atoms with van der Waals surface area (Å²) < 4.78 is 11.8. The Labute approximate surface area is 197 Å². The number of rotatable bonds is 7. The summed E-state index contributed by atoms with van der Waals surface area (Å²) >= 11 is 6.74. The van der Waals surface area contributed by atoms with Gasteiger partial charge in [-0.3, -0.25) is 0 Å². The van der Waals surface area contributed by atoms with Crippen LogP contribution in [0.5, 0.6) is 11.5 Å². The van der Waals surface area contributed by atoms with E-state index in [0.717, 1.165) is 28.8 Å². The second kappa shape index (κ2) is 7.95. The van der Waals surface area contributed by atoms with Crippen molar-refractivity contribution in [3.8, 4) is 11.5 Å². The first-order valence-electron chi connectivity index (χ1n) is 12.0. The molecule has 0 spiro atoms. The molecule has 2 aromatic carbocycles. The predicted molar refractivity (Wildman–Crippen MR) is 130 cm³/mol. The normalized spacial score (nSPS) is 32.8. The minimum absolute atomic E-state index is 0.249. The van der Waals surface area contributed by atoms with Crippen molar-refractivity contribution in [3.63, 3.8) is 0 Å². The van der Waals surface area contributed by atoms with E-state index in [0.29, 0.717) is 23.2 Å². The lowest BCUT2D eigenvalue weighted by Crippen LogP contribution is -2.63. The van der Waals surface area contributed by atoms with Gasteiger partial charge in [0.15, 0.2) is 11.5 Å². The van der Waals surface area contributed by atoms with Crippen molar-refractivity contribution in [2.24, 2.45) is 16.7 Å². The van der Waals surface area contributed by atoms with Crippen molar-refractivity contribution in [2.75, 3.05) is 7.11 Å². The zero-order chi connectivity index (χ0) is 22.6. The Kier molecular flexibility index (Phi) is 5.49. The van der Waals surface area contributed by atoms with Gasteiger partial charge in [-0.2, -0.15) is 0 Å². The first-order valence-corrected chi connectivity index (χ1v) is 12.4. The Morgan fingerprint density at radius 2 is 1.69 bits per heavy atom. The first-order chi connectivity index (χ1) is 15.2. The highest BCUT2D eigenvalue weighted by atomic mass is 35.5. The van der Waals surface area contributed by atoms with Gasteiger partial charge < -0.3 is 14.8 Å². The molecule has 0 heterocycles. The maximum Gasteiger partial charge on any atom is 0.163 e. The fraction of sp³-hybridized carbons (Fsp3) is 0.571. The summed E-state index contributed by atoms with van der Waals surface area (Å²) in [6.45, 7) is 8.40. The molecule has 0 saturated heterocycles. The molecule has 0 aliphatic heterocycles. The van der Waals surface area contributed by atoms with E-state index in [1.807, 2.05) is 24.3 Å². The highest BCUT2D eigenvalue weighted by Crippen LogP contribution is 2.66. The fourth-order valence-corrected chi connectivity index (χ4v) is 8.06. The van der Waals surface area contributed by atoms with E-state index in [1.54, 1.807) is 7.11 Å². The van der Waals surface area contributed by atoms with Gasteiger partial charge in [-0.1, -0.05) is 49.7 Å². The van der Waals surface area contributed by atoms with Gasteiger partial charge in [0.1, 0.15) is 6.61 Å². The summed E-state index contributed by atoms with van der Waals surface area (Å²) in [5.41, 5.74) is 4.71. The van der Waals surface area contributed by atoms with Crippen molar-refractivity contribution < 1.29 is 9.47 Å². The summed E-state index contributed by atoms with van der Waals surface area (Å²) in [5, 5.41) is 4.73. The third-order valence-electron chi connectivity index (χ3n) is 8.26. The van der Waals surface area contributed by atoms with E-state index < -0.39 is 0 Å². The number of hydrogen-bond acceptors (Lipinski definition) is 3. The second-order valence-electron chi connectivity index (χ2n) is 11.6. The van der Waals surface area contributed by atoms with Crippen LogP contribution in [0.2, 0.25) is 5.02 Å². The molecule has 4 aliphatic rings. The molecule has 1 N–H and O–H groups in total. The Morgan fingerprint density at radius 3 is 2.34 bits per heavy atom. The molecule has 4 fully saturated rings. The second-order valence-corrected chi connectivity index (χ2v) is 12.0. The largest absolute Gasteiger partial charge is 0.493 e. The summed E-state index contributed by atoms with van der Waals surface area (Å²) in [5.74, 6) is 2.31. The van der Waals surface area contributed by atoms with Crippen LogP contribution in [0.3, 0.4) is 0 Å². The molecule has 0 radical (unpaired) electrons. The molecule has 2 unspecified atom stereocenters. The minimum atomic E-state index is 0.249. The molecule has 4 saturated carbocycles. The van der Waals surface area contributed by atoms with Crippen LogP contribution >= 0.6 is 11.6 Å². The van der Waals surface area contributed by atoms with Crippen LogP contribution in [0.1, 0.15) is 69.1 Å². The van der Waals surface area contributed by atoms with Gasteiger partial charge in [0.2, 0.25) is 0 Å².